The number of aromatic nitrogens is 2. The van der Waals surface area contributed by atoms with E-state index < -0.39 is 0 Å². The van der Waals surface area contributed by atoms with Gasteiger partial charge in [0.1, 0.15) is 6.54 Å². The van der Waals surface area contributed by atoms with Crippen molar-refractivity contribution in [3.63, 3.8) is 0 Å². The molecule has 2 aliphatic heterocycles. The number of amides is 2. The second kappa shape index (κ2) is 8.99. The van der Waals surface area contributed by atoms with Gasteiger partial charge < -0.3 is 4.90 Å². The summed E-state index contributed by atoms with van der Waals surface area (Å²) in [5.41, 5.74) is 8.09. The lowest BCUT2D eigenvalue weighted by Gasteiger charge is -2.44. The highest BCUT2D eigenvalue weighted by Gasteiger charge is 2.36. The van der Waals surface area contributed by atoms with Crippen LogP contribution in [0.2, 0.25) is 0 Å². The maximum Gasteiger partial charge on any atom is 0.256 e. The summed E-state index contributed by atoms with van der Waals surface area (Å²) in [6.45, 7) is 5.97. The van der Waals surface area contributed by atoms with Crippen LogP contribution in [0.4, 0.5) is 0 Å². The van der Waals surface area contributed by atoms with Crippen molar-refractivity contribution < 1.29 is 9.59 Å². The van der Waals surface area contributed by atoms with Crippen molar-refractivity contribution in [2.75, 3.05) is 26.2 Å². The fraction of sp³-hybridized carbons (Fsp3) is 0.455. The summed E-state index contributed by atoms with van der Waals surface area (Å²) in [5, 5.41) is 0. The lowest BCUT2D eigenvalue weighted by Crippen LogP contribution is -2.61. The fourth-order valence-corrected chi connectivity index (χ4v) is 4.26. The Morgan fingerprint density at radius 1 is 1.10 bits per heavy atom. The first-order valence-corrected chi connectivity index (χ1v) is 10.6. The number of carbonyl (C=O) groups excluding carboxylic acids is 2. The number of benzene rings is 1. The third-order valence-corrected chi connectivity index (χ3v) is 6.26. The molecule has 0 saturated carbocycles. The van der Waals surface area contributed by atoms with Crippen molar-refractivity contribution in [3.8, 4) is 0 Å². The highest BCUT2D eigenvalue weighted by molar-refractivity contribution is 5.77. The molecule has 164 valence electrons. The molecule has 2 amide bonds. The van der Waals surface area contributed by atoms with Gasteiger partial charge in [0.05, 0.1) is 12.4 Å². The van der Waals surface area contributed by atoms with E-state index in [-0.39, 0.29) is 36.0 Å². The van der Waals surface area contributed by atoms with Crippen molar-refractivity contribution >= 4 is 11.8 Å². The van der Waals surface area contributed by atoms with Gasteiger partial charge in [-0.25, -0.2) is 10.4 Å². The molecule has 1 aromatic carbocycles. The van der Waals surface area contributed by atoms with Crippen molar-refractivity contribution in [1.82, 2.24) is 30.2 Å². The summed E-state index contributed by atoms with van der Waals surface area (Å²) < 4.78 is 1.37. The second-order valence-electron chi connectivity index (χ2n) is 8.16. The summed E-state index contributed by atoms with van der Waals surface area (Å²) in [6.07, 6.45) is 1.85. The SMILES string of the molecule is Cc1ncn(CC(=O)N2CCN(C3CC(=O)NNC3c3ccccc3)CC2)c(=O)c1C. The molecule has 0 bridgehead atoms. The number of piperazine rings is 1. The van der Waals surface area contributed by atoms with Crippen LogP contribution in [0.5, 0.6) is 0 Å². The molecule has 4 rings (SSSR count). The zero-order chi connectivity index (χ0) is 22.0. The number of rotatable bonds is 4. The Morgan fingerprint density at radius 2 is 1.81 bits per heavy atom. The summed E-state index contributed by atoms with van der Waals surface area (Å²) in [7, 11) is 0. The number of nitrogens with zero attached hydrogens (tertiary/aromatic N) is 4. The molecule has 2 fully saturated rings. The molecule has 2 unspecified atom stereocenters. The topological polar surface area (TPSA) is 99.6 Å². The van der Waals surface area contributed by atoms with Gasteiger partial charge in [0.2, 0.25) is 11.8 Å². The predicted octanol–water partition coefficient (Wildman–Crippen LogP) is 0.139. The zero-order valence-corrected chi connectivity index (χ0v) is 17.9. The average Bonchev–Trinajstić information content (AvgIpc) is 2.80. The maximum absolute atomic E-state index is 12.8. The van der Waals surface area contributed by atoms with E-state index in [4.69, 9.17) is 0 Å². The molecule has 2 aliphatic rings. The normalized spacial score (nSPS) is 22.3. The number of hydrogen-bond acceptors (Lipinski definition) is 6. The van der Waals surface area contributed by atoms with Crippen LogP contribution in [0.3, 0.4) is 0 Å². The van der Waals surface area contributed by atoms with Crippen molar-refractivity contribution in [2.24, 2.45) is 0 Å². The Balaban J connectivity index is 1.40. The highest BCUT2D eigenvalue weighted by Crippen LogP contribution is 2.26. The average molecular weight is 425 g/mol. The number of aryl methyl sites for hydroxylation is 1. The summed E-state index contributed by atoms with van der Waals surface area (Å²) >= 11 is 0. The van der Waals surface area contributed by atoms with E-state index in [9.17, 15) is 14.4 Å². The first kappa shape index (κ1) is 21.2. The van der Waals surface area contributed by atoms with Crippen LogP contribution in [0, 0.1) is 13.8 Å². The van der Waals surface area contributed by atoms with E-state index in [0.29, 0.717) is 43.9 Å². The third-order valence-electron chi connectivity index (χ3n) is 6.26. The van der Waals surface area contributed by atoms with Gasteiger partial charge in [-0.1, -0.05) is 30.3 Å². The van der Waals surface area contributed by atoms with Gasteiger partial charge in [-0.15, -0.1) is 0 Å². The Labute approximate surface area is 181 Å². The van der Waals surface area contributed by atoms with Crippen LogP contribution in [0.1, 0.15) is 29.3 Å². The molecule has 2 saturated heterocycles. The molecule has 1 aromatic heterocycles. The first-order valence-electron chi connectivity index (χ1n) is 10.6. The van der Waals surface area contributed by atoms with Gasteiger partial charge in [0, 0.05) is 49.9 Å². The molecule has 9 heteroatoms. The second-order valence-corrected chi connectivity index (χ2v) is 8.16. The fourth-order valence-electron chi connectivity index (χ4n) is 4.26. The molecule has 0 radical (unpaired) electrons. The van der Waals surface area contributed by atoms with E-state index in [2.05, 4.69) is 32.9 Å². The molecule has 9 nitrogen and oxygen atoms in total. The summed E-state index contributed by atoms with van der Waals surface area (Å²) in [4.78, 5) is 45.4. The molecular weight excluding hydrogens is 396 g/mol. The van der Waals surface area contributed by atoms with Gasteiger partial charge in [-0.3, -0.25) is 29.3 Å². The molecule has 0 aliphatic carbocycles. The number of carbonyl (C=O) groups is 2. The molecule has 31 heavy (non-hydrogen) atoms. The van der Waals surface area contributed by atoms with Gasteiger partial charge in [0.25, 0.3) is 5.56 Å². The monoisotopic (exact) mass is 424 g/mol. The van der Waals surface area contributed by atoms with Gasteiger partial charge in [-0.2, -0.15) is 0 Å². The Hall–Kier alpha value is -3.04. The van der Waals surface area contributed by atoms with E-state index >= 15 is 0 Å². The molecule has 2 N–H and O–H groups in total. The number of nitrogens with one attached hydrogen (secondary N) is 2. The third kappa shape index (κ3) is 4.52. The highest BCUT2D eigenvalue weighted by atomic mass is 16.2. The molecule has 0 spiro atoms. The van der Waals surface area contributed by atoms with Gasteiger partial charge in [-0.05, 0) is 19.4 Å². The van der Waals surface area contributed by atoms with E-state index in [1.54, 1.807) is 18.7 Å². The standard InChI is InChI=1S/C22H28N6O3/c1-15-16(2)23-14-28(22(15)31)13-20(30)27-10-8-26(9-11-27)18-12-19(29)24-25-21(18)17-6-4-3-5-7-17/h3-7,14,18,21,25H,8-13H2,1-2H3,(H,24,29). The van der Waals surface area contributed by atoms with Crippen LogP contribution in [0.15, 0.2) is 41.5 Å². The van der Waals surface area contributed by atoms with Crippen LogP contribution in [-0.4, -0.2) is 63.4 Å². The van der Waals surface area contributed by atoms with Crippen LogP contribution in [-0.2, 0) is 16.1 Å². The van der Waals surface area contributed by atoms with Gasteiger partial charge in [0.15, 0.2) is 0 Å². The van der Waals surface area contributed by atoms with Crippen molar-refractivity contribution in [3.05, 3.63) is 63.8 Å². The number of hydrazine groups is 1. The smallest absolute Gasteiger partial charge is 0.256 e. The molecule has 3 heterocycles. The van der Waals surface area contributed by atoms with Crippen molar-refractivity contribution in [2.45, 2.75) is 38.9 Å². The quantitative estimate of drug-likeness (QED) is 0.724. The van der Waals surface area contributed by atoms with Crippen LogP contribution in [0.25, 0.3) is 0 Å². The van der Waals surface area contributed by atoms with Crippen molar-refractivity contribution in [1.29, 1.82) is 0 Å². The molecule has 2 atom stereocenters. The Bertz CT molecular complexity index is 1010. The summed E-state index contributed by atoms with van der Waals surface area (Å²) in [5.74, 6) is -0.122. The lowest BCUT2D eigenvalue weighted by molar-refractivity contribution is -0.135. The Kier molecular flexibility index (Phi) is 6.15. The first-order chi connectivity index (χ1) is 14.9. The minimum absolute atomic E-state index is 0.00696. The zero-order valence-electron chi connectivity index (χ0n) is 17.9. The van der Waals surface area contributed by atoms with Crippen LogP contribution < -0.4 is 16.4 Å². The maximum atomic E-state index is 12.8. The van der Waals surface area contributed by atoms with Crippen LogP contribution >= 0.6 is 0 Å². The summed E-state index contributed by atoms with van der Waals surface area (Å²) in [6, 6.07) is 10.1. The number of hydrogen-bond donors (Lipinski definition) is 2. The predicted molar refractivity (Wildman–Crippen MR) is 115 cm³/mol. The van der Waals surface area contributed by atoms with Gasteiger partial charge >= 0.3 is 0 Å². The minimum Gasteiger partial charge on any atom is -0.339 e. The molecule has 2 aromatic rings. The Morgan fingerprint density at radius 3 is 2.52 bits per heavy atom. The van der Waals surface area contributed by atoms with E-state index in [1.807, 2.05) is 18.2 Å². The van der Waals surface area contributed by atoms with E-state index in [0.717, 1.165) is 5.56 Å². The minimum atomic E-state index is -0.176. The lowest BCUT2D eigenvalue weighted by atomic mass is 9.93. The molecular formula is C22H28N6O3. The largest absolute Gasteiger partial charge is 0.339 e. The van der Waals surface area contributed by atoms with E-state index in [1.165, 1.54) is 10.9 Å².